The Morgan fingerprint density at radius 1 is 1.52 bits per heavy atom. The number of hydrogen-bond acceptors (Lipinski definition) is 3. The summed E-state index contributed by atoms with van der Waals surface area (Å²) in [5.41, 5.74) is 7.39. The van der Waals surface area contributed by atoms with E-state index in [9.17, 15) is 9.90 Å². The van der Waals surface area contributed by atoms with Gasteiger partial charge < -0.3 is 15.7 Å². The van der Waals surface area contributed by atoms with Gasteiger partial charge in [-0.3, -0.25) is 4.79 Å². The zero-order valence-electron chi connectivity index (χ0n) is 13.2. The molecule has 116 valence electrons. The molecule has 0 aromatic heterocycles. The van der Waals surface area contributed by atoms with Gasteiger partial charge in [0.25, 0.3) is 0 Å². The maximum absolute atomic E-state index is 13.0. The van der Waals surface area contributed by atoms with Crippen LogP contribution >= 0.6 is 0 Å². The molecule has 1 saturated carbocycles. The normalized spacial score (nSPS) is 25.6. The smallest absolute Gasteiger partial charge is 0.247 e. The Labute approximate surface area is 126 Å². The number of aromatic hydroxyl groups is 1. The third-order valence-electron chi connectivity index (χ3n) is 4.50. The van der Waals surface area contributed by atoms with E-state index in [2.05, 4.69) is 6.92 Å². The predicted octanol–water partition coefficient (Wildman–Crippen LogP) is 2.96. The van der Waals surface area contributed by atoms with Crippen LogP contribution in [-0.2, 0) is 4.79 Å². The average molecular weight is 290 g/mol. The number of carbonyl (C=O) groups excluding carboxylic acids is 1. The first-order valence-electron chi connectivity index (χ1n) is 7.78. The Bertz CT molecular complexity index is 530. The molecule has 0 bridgehead atoms. The highest BCUT2D eigenvalue weighted by Gasteiger charge is 2.40. The van der Waals surface area contributed by atoms with Gasteiger partial charge in [-0.2, -0.15) is 0 Å². The predicted molar refractivity (Wildman–Crippen MR) is 85.4 cm³/mol. The zero-order chi connectivity index (χ0) is 15.6. The molecule has 4 heteroatoms. The van der Waals surface area contributed by atoms with E-state index in [0.717, 1.165) is 36.9 Å². The highest BCUT2D eigenvalue weighted by Crippen LogP contribution is 2.34. The molecule has 4 nitrogen and oxygen atoms in total. The van der Waals surface area contributed by atoms with Gasteiger partial charge in [0.15, 0.2) is 0 Å². The molecule has 1 aromatic rings. The van der Waals surface area contributed by atoms with Gasteiger partial charge in [-0.05, 0) is 44.2 Å². The van der Waals surface area contributed by atoms with E-state index in [4.69, 9.17) is 5.73 Å². The SMILES string of the molecule is CCN(C(=O)C1(N)CCCC(C)C1)c1cc(O)ccc1C. The van der Waals surface area contributed by atoms with Gasteiger partial charge >= 0.3 is 0 Å². The zero-order valence-corrected chi connectivity index (χ0v) is 13.2. The maximum Gasteiger partial charge on any atom is 0.247 e. The molecule has 0 radical (unpaired) electrons. The Balaban J connectivity index is 2.32. The van der Waals surface area contributed by atoms with Crippen LogP contribution in [0.5, 0.6) is 5.75 Å². The number of phenolic OH excluding ortho intramolecular Hbond substituents is 1. The fourth-order valence-corrected chi connectivity index (χ4v) is 3.37. The van der Waals surface area contributed by atoms with Gasteiger partial charge in [-0.25, -0.2) is 0 Å². The molecule has 0 heterocycles. The highest BCUT2D eigenvalue weighted by molar-refractivity contribution is 6.00. The van der Waals surface area contributed by atoms with Gasteiger partial charge in [0.05, 0.1) is 11.2 Å². The van der Waals surface area contributed by atoms with Gasteiger partial charge in [0.1, 0.15) is 5.75 Å². The van der Waals surface area contributed by atoms with Crippen LogP contribution in [0.2, 0.25) is 0 Å². The summed E-state index contributed by atoms with van der Waals surface area (Å²) in [6.45, 7) is 6.59. The number of likely N-dealkylation sites (N-methyl/N-ethyl adjacent to an activating group) is 1. The fourth-order valence-electron chi connectivity index (χ4n) is 3.37. The van der Waals surface area contributed by atoms with Crippen molar-refractivity contribution in [2.45, 2.75) is 52.0 Å². The van der Waals surface area contributed by atoms with Gasteiger partial charge in [-0.1, -0.05) is 25.8 Å². The fraction of sp³-hybridized carbons (Fsp3) is 0.588. The van der Waals surface area contributed by atoms with Crippen LogP contribution in [0.3, 0.4) is 0 Å². The Morgan fingerprint density at radius 3 is 2.86 bits per heavy atom. The van der Waals surface area contributed by atoms with Crippen LogP contribution in [0.4, 0.5) is 5.69 Å². The lowest BCUT2D eigenvalue weighted by Gasteiger charge is -2.39. The standard InChI is InChI=1S/C17H26N2O2/c1-4-19(15-10-14(20)8-7-13(15)3)16(21)17(18)9-5-6-12(2)11-17/h7-8,10,12,20H,4-6,9,11,18H2,1-3H3. The summed E-state index contributed by atoms with van der Waals surface area (Å²) in [4.78, 5) is 14.7. The third-order valence-corrected chi connectivity index (χ3v) is 4.50. The number of nitrogens with zero attached hydrogens (tertiary/aromatic N) is 1. The molecule has 21 heavy (non-hydrogen) atoms. The molecule has 0 saturated heterocycles. The van der Waals surface area contributed by atoms with Crippen LogP contribution in [-0.4, -0.2) is 23.1 Å². The highest BCUT2D eigenvalue weighted by atomic mass is 16.3. The lowest BCUT2D eigenvalue weighted by atomic mass is 9.76. The van der Waals surface area contributed by atoms with Crippen LogP contribution in [0.1, 0.15) is 45.1 Å². The van der Waals surface area contributed by atoms with E-state index in [0.29, 0.717) is 12.5 Å². The number of rotatable bonds is 3. The number of phenols is 1. The molecule has 3 N–H and O–H groups in total. The molecule has 1 aromatic carbocycles. The summed E-state index contributed by atoms with van der Waals surface area (Å²) in [6, 6.07) is 5.11. The van der Waals surface area contributed by atoms with Crippen molar-refractivity contribution < 1.29 is 9.90 Å². The number of amides is 1. The molecule has 1 amide bonds. The summed E-state index contributed by atoms with van der Waals surface area (Å²) in [7, 11) is 0. The second-order valence-electron chi connectivity index (χ2n) is 6.38. The summed E-state index contributed by atoms with van der Waals surface area (Å²) >= 11 is 0. The van der Waals surface area contributed by atoms with E-state index in [1.807, 2.05) is 19.9 Å². The first-order chi connectivity index (χ1) is 9.87. The monoisotopic (exact) mass is 290 g/mol. The molecule has 1 aliphatic rings. The second-order valence-corrected chi connectivity index (χ2v) is 6.38. The minimum atomic E-state index is -0.772. The van der Waals surface area contributed by atoms with E-state index >= 15 is 0 Å². The van der Waals surface area contributed by atoms with Crippen LogP contribution < -0.4 is 10.6 Å². The van der Waals surface area contributed by atoms with Crippen LogP contribution in [0.25, 0.3) is 0 Å². The van der Waals surface area contributed by atoms with Gasteiger partial charge in [-0.15, -0.1) is 0 Å². The Kier molecular flexibility index (Phi) is 4.57. The van der Waals surface area contributed by atoms with Crippen molar-refractivity contribution in [1.82, 2.24) is 0 Å². The van der Waals surface area contributed by atoms with Crippen molar-refractivity contribution in [2.75, 3.05) is 11.4 Å². The van der Waals surface area contributed by atoms with E-state index < -0.39 is 5.54 Å². The molecule has 1 aliphatic carbocycles. The molecule has 0 aliphatic heterocycles. The van der Waals surface area contributed by atoms with Crippen LogP contribution in [0, 0.1) is 12.8 Å². The average Bonchev–Trinajstić information content (AvgIpc) is 2.43. The summed E-state index contributed by atoms with van der Waals surface area (Å²) in [5.74, 6) is 0.631. The van der Waals surface area contributed by atoms with Crippen molar-refractivity contribution >= 4 is 11.6 Å². The van der Waals surface area contributed by atoms with E-state index in [-0.39, 0.29) is 11.7 Å². The summed E-state index contributed by atoms with van der Waals surface area (Å²) < 4.78 is 0. The van der Waals surface area contributed by atoms with Crippen LogP contribution in [0.15, 0.2) is 18.2 Å². The number of carbonyl (C=O) groups is 1. The summed E-state index contributed by atoms with van der Waals surface area (Å²) in [5, 5.41) is 9.71. The summed E-state index contributed by atoms with van der Waals surface area (Å²) in [6.07, 6.45) is 3.62. The van der Waals surface area contributed by atoms with Crippen molar-refractivity contribution in [1.29, 1.82) is 0 Å². The first-order valence-corrected chi connectivity index (χ1v) is 7.78. The van der Waals surface area contributed by atoms with Crippen molar-refractivity contribution in [2.24, 2.45) is 11.7 Å². The maximum atomic E-state index is 13.0. The molecule has 2 unspecified atom stereocenters. The van der Waals surface area contributed by atoms with Crippen molar-refractivity contribution in [3.8, 4) is 5.75 Å². The minimum absolute atomic E-state index is 0.0229. The molecule has 2 rings (SSSR count). The minimum Gasteiger partial charge on any atom is -0.508 e. The lowest BCUT2D eigenvalue weighted by Crippen LogP contribution is -2.57. The number of anilines is 1. The first kappa shape index (κ1) is 15.8. The Hall–Kier alpha value is -1.55. The third kappa shape index (κ3) is 3.21. The quantitative estimate of drug-likeness (QED) is 0.899. The molecule has 1 fully saturated rings. The topological polar surface area (TPSA) is 66.6 Å². The Morgan fingerprint density at radius 2 is 2.24 bits per heavy atom. The molecule has 2 atom stereocenters. The van der Waals surface area contributed by atoms with Gasteiger partial charge in [0, 0.05) is 12.6 Å². The second kappa shape index (κ2) is 6.06. The number of benzene rings is 1. The number of nitrogens with two attached hydrogens (primary N) is 1. The van der Waals surface area contributed by atoms with E-state index in [1.165, 1.54) is 0 Å². The molecule has 0 spiro atoms. The van der Waals surface area contributed by atoms with Crippen molar-refractivity contribution in [3.05, 3.63) is 23.8 Å². The van der Waals surface area contributed by atoms with Gasteiger partial charge in [0.2, 0.25) is 5.91 Å². The lowest BCUT2D eigenvalue weighted by molar-refractivity contribution is -0.125. The molecular formula is C17H26N2O2. The molecular weight excluding hydrogens is 264 g/mol. The largest absolute Gasteiger partial charge is 0.508 e. The number of hydrogen-bond donors (Lipinski definition) is 2. The van der Waals surface area contributed by atoms with E-state index in [1.54, 1.807) is 17.0 Å². The number of aryl methyl sites for hydroxylation is 1. The van der Waals surface area contributed by atoms with Crippen molar-refractivity contribution in [3.63, 3.8) is 0 Å².